The number of hydrogen-bond acceptors (Lipinski definition) is 5. The quantitative estimate of drug-likeness (QED) is 0.616. The van der Waals surface area contributed by atoms with Crippen molar-refractivity contribution in [3.63, 3.8) is 0 Å². The Bertz CT molecular complexity index is 919. The maximum absolute atomic E-state index is 12.6. The van der Waals surface area contributed by atoms with Gasteiger partial charge >= 0.3 is 0 Å². The molecule has 0 atom stereocenters. The third-order valence-corrected chi connectivity index (χ3v) is 4.93. The normalized spacial score (nSPS) is 13.7. The van der Waals surface area contributed by atoms with Crippen LogP contribution in [0.25, 0.3) is 0 Å². The van der Waals surface area contributed by atoms with Crippen LogP contribution in [0.3, 0.4) is 0 Å². The Hall–Kier alpha value is -3.42. The molecule has 0 unspecified atom stereocenters. The lowest BCUT2D eigenvalue weighted by atomic mass is 10.1. The SMILES string of the molecule is CN(C)C(=O)c1ccc(NC(=O)c2ccc(N3CCCCC3)c([N+](=O)[O-])c2)cc1. The predicted octanol–water partition coefficient (Wildman–Crippen LogP) is 3.54. The first-order chi connectivity index (χ1) is 13.9. The Labute approximate surface area is 169 Å². The molecular formula is C21H24N4O4. The summed E-state index contributed by atoms with van der Waals surface area (Å²) in [7, 11) is 3.33. The number of hydrogen-bond donors (Lipinski definition) is 1. The number of rotatable bonds is 5. The molecule has 29 heavy (non-hydrogen) atoms. The minimum atomic E-state index is -0.442. The van der Waals surface area contributed by atoms with Gasteiger partial charge in [-0.05, 0) is 55.7 Å². The van der Waals surface area contributed by atoms with Gasteiger partial charge in [0.15, 0.2) is 0 Å². The lowest BCUT2D eigenvalue weighted by Gasteiger charge is -2.28. The molecule has 1 saturated heterocycles. The van der Waals surface area contributed by atoms with E-state index in [1.807, 2.05) is 4.90 Å². The molecule has 0 radical (unpaired) electrons. The first-order valence-corrected chi connectivity index (χ1v) is 9.53. The van der Waals surface area contributed by atoms with Gasteiger partial charge in [-0.25, -0.2) is 0 Å². The van der Waals surface area contributed by atoms with Gasteiger partial charge in [0.05, 0.1) is 4.92 Å². The van der Waals surface area contributed by atoms with Gasteiger partial charge in [0.1, 0.15) is 5.69 Å². The largest absolute Gasteiger partial charge is 0.366 e. The number of nitrogens with one attached hydrogen (secondary N) is 1. The van der Waals surface area contributed by atoms with Crippen LogP contribution in [-0.2, 0) is 0 Å². The first-order valence-electron chi connectivity index (χ1n) is 9.53. The second kappa shape index (κ2) is 8.72. The highest BCUT2D eigenvalue weighted by Crippen LogP contribution is 2.31. The van der Waals surface area contributed by atoms with Gasteiger partial charge in [0.25, 0.3) is 17.5 Å². The Morgan fingerprint density at radius 2 is 1.62 bits per heavy atom. The van der Waals surface area contributed by atoms with Crippen LogP contribution in [0, 0.1) is 10.1 Å². The monoisotopic (exact) mass is 396 g/mol. The Morgan fingerprint density at radius 1 is 1.00 bits per heavy atom. The van der Waals surface area contributed by atoms with Crippen LogP contribution >= 0.6 is 0 Å². The third kappa shape index (κ3) is 4.71. The number of benzene rings is 2. The third-order valence-electron chi connectivity index (χ3n) is 4.93. The summed E-state index contributed by atoms with van der Waals surface area (Å²) < 4.78 is 0. The number of amides is 2. The van der Waals surface area contributed by atoms with E-state index in [-0.39, 0.29) is 17.2 Å². The number of nitro groups is 1. The summed E-state index contributed by atoms with van der Waals surface area (Å²) in [5.41, 5.74) is 1.72. The Balaban J connectivity index is 1.77. The zero-order valence-electron chi connectivity index (χ0n) is 16.6. The average Bonchev–Trinajstić information content (AvgIpc) is 2.73. The van der Waals surface area contributed by atoms with E-state index in [1.54, 1.807) is 50.5 Å². The van der Waals surface area contributed by atoms with Crippen molar-refractivity contribution in [1.29, 1.82) is 0 Å². The summed E-state index contributed by atoms with van der Waals surface area (Å²) in [6.07, 6.45) is 3.14. The van der Waals surface area contributed by atoms with Crippen LogP contribution in [0.15, 0.2) is 42.5 Å². The second-order valence-corrected chi connectivity index (χ2v) is 7.24. The van der Waals surface area contributed by atoms with Gasteiger partial charge in [0.2, 0.25) is 0 Å². The minimum absolute atomic E-state index is 0.0634. The molecule has 2 amide bonds. The predicted molar refractivity (Wildman–Crippen MR) is 112 cm³/mol. The molecule has 0 spiro atoms. The van der Waals surface area contributed by atoms with E-state index >= 15 is 0 Å². The fraction of sp³-hybridized carbons (Fsp3) is 0.333. The molecular weight excluding hydrogens is 372 g/mol. The second-order valence-electron chi connectivity index (χ2n) is 7.24. The summed E-state index contributed by atoms with van der Waals surface area (Å²) in [5, 5.41) is 14.3. The highest BCUT2D eigenvalue weighted by Gasteiger charge is 2.23. The minimum Gasteiger partial charge on any atom is -0.366 e. The van der Waals surface area contributed by atoms with Gasteiger partial charge < -0.3 is 15.1 Å². The standard InChI is InChI=1S/C21H24N4O4/c1-23(2)21(27)15-6-9-17(10-7-15)22-20(26)16-8-11-18(19(14-16)25(28)29)24-12-4-3-5-13-24/h6-11,14H,3-5,12-13H2,1-2H3,(H,22,26). The molecule has 2 aromatic carbocycles. The van der Waals surface area contributed by atoms with Crippen molar-refractivity contribution in [2.45, 2.75) is 19.3 Å². The topological polar surface area (TPSA) is 95.8 Å². The molecule has 3 rings (SSSR count). The average molecular weight is 396 g/mol. The molecule has 8 nitrogen and oxygen atoms in total. The molecule has 8 heteroatoms. The molecule has 0 aliphatic carbocycles. The van der Waals surface area contributed by atoms with Crippen molar-refractivity contribution in [2.24, 2.45) is 0 Å². The van der Waals surface area contributed by atoms with Gasteiger partial charge in [0, 0.05) is 50.1 Å². The molecule has 1 heterocycles. The van der Waals surface area contributed by atoms with Crippen LogP contribution in [0.4, 0.5) is 17.1 Å². The van der Waals surface area contributed by atoms with Crippen molar-refractivity contribution in [3.05, 3.63) is 63.7 Å². The van der Waals surface area contributed by atoms with Crippen molar-refractivity contribution in [1.82, 2.24) is 4.90 Å². The molecule has 1 aliphatic rings. The summed E-state index contributed by atoms with van der Waals surface area (Å²) in [6, 6.07) is 11.1. The highest BCUT2D eigenvalue weighted by atomic mass is 16.6. The van der Waals surface area contributed by atoms with Gasteiger partial charge in [-0.3, -0.25) is 19.7 Å². The Kier molecular flexibility index (Phi) is 6.11. The molecule has 152 valence electrons. The van der Waals surface area contributed by atoms with Crippen LogP contribution in [0.2, 0.25) is 0 Å². The van der Waals surface area contributed by atoms with Crippen LogP contribution in [0.5, 0.6) is 0 Å². The number of nitro benzene ring substituents is 1. The van der Waals surface area contributed by atoms with Crippen LogP contribution in [-0.4, -0.2) is 48.8 Å². The fourth-order valence-corrected chi connectivity index (χ4v) is 3.37. The van der Waals surface area contributed by atoms with E-state index < -0.39 is 10.8 Å². The smallest absolute Gasteiger partial charge is 0.293 e. The number of nitrogens with zero attached hydrogens (tertiary/aromatic N) is 3. The van der Waals surface area contributed by atoms with Crippen LogP contribution < -0.4 is 10.2 Å². The number of carbonyl (C=O) groups is 2. The summed E-state index contributed by atoms with van der Waals surface area (Å²) in [5.74, 6) is -0.572. The lowest BCUT2D eigenvalue weighted by molar-refractivity contribution is -0.384. The van der Waals surface area contributed by atoms with E-state index in [0.717, 1.165) is 32.4 Å². The summed E-state index contributed by atoms with van der Waals surface area (Å²) in [4.78, 5) is 39.1. The molecule has 1 N–H and O–H groups in total. The molecule has 1 fully saturated rings. The highest BCUT2D eigenvalue weighted by molar-refractivity contribution is 6.05. The van der Waals surface area contributed by atoms with E-state index in [0.29, 0.717) is 16.9 Å². The maximum atomic E-state index is 12.6. The molecule has 0 saturated carbocycles. The maximum Gasteiger partial charge on any atom is 0.293 e. The lowest BCUT2D eigenvalue weighted by Crippen LogP contribution is -2.30. The zero-order valence-corrected chi connectivity index (χ0v) is 16.6. The summed E-state index contributed by atoms with van der Waals surface area (Å²) >= 11 is 0. The van der Waals surface area contributed by atoms with E-state index in [1.165, 1.54) is 11.0 Å². The Morgan fingerprint density at radius 3 is 2.21 bits per heavy atom. The molecule has 2 aromatic rings. The van der Waals surface area contributed by atoms with E-state index in [2.05, 4.69) is 5.32 Å². The number of carbonyl (C=O) groups excluding carboxylic acids is 2. The van der Waals surface area contributed by atoms with Crippen molar-refractivity contribution in [2.75, 3.05) is 37.4 Å². The van der Waals surface area contributed by atoms with Gasteiger partial charge in [-0.1, -0.05) is 0 Å². The van der Waals surface area contributed by atoms with Crippen molar-refractivity contribution in [3.8, 4) is 0 Å². The molecule has 0 aromatic heterocycles. The van der Waals surface area contributed by atoms with Crippen molar-refractivity contribution >= 4 is 28.9 Å². The number of anilines is 2. The van der Waals surface area contributed by atoms with Crippen LogP contribution in [0.1, 0.15) is 40.0 Å². The van der Waals surface area contributed by atoms with Crippen molar-refractivity contribution < 1.29 is 14.5 Å². The molecule has 0 bridgehead atoms. The van der Waals surface area contributed by atoms with E-state index in [4.69, 9.17) is 0 Å². The fourth-order valence-electron chi connectivity index (χ4n) is 3.37. The molecule has 1 aliphatic heterocycles. The summed E-state index contributed by atoms with van der Waals surface area (Å²) in [6.45, 7) is 1.56. The van der Waals surface area contributed by atoms with E-state index in [9.17, 15) is 19.7 Å². The zero-order chi connectivity index (χ0) is 21.0. The first kappa shape index (κ1) is 20.3. The van der Waals surface area contributed by atoms with Gasteiger partial charge in [-0.15, -0.1) is 0 Å². The number of piperidine rings is 1. The van der Waals surface area contributed by atoms with Gasteiger partial charge in [-0.2, -0.15) is 0 Å².